The van der Waals surface area contributed by atoms with Crippen molar-refractivity contribution in [3.05, 3.63) is 23.2 Å². The molecule has 0 radical (unpaired) electrons. The average Bonchev–Trinajstić information content (AvgIpc) is 2.73. The van der Waals surface area contributed by atoms with E-state index in [2.05, 4.69) is 50.9 Å². The number of hydrogen-bond acceptors (Lipinski definition) is 3. The van der Waals surface area contributed by atoms with Crippen molar-refractivity contribution in [1.29, 1.82) is 0 Å². The average molecular weight is 278 g/mol. The second-order valence-corrected chi connectivity index (χ2v) is 6.66. The van der Waals surface area contributed by atoms with Gasteiger partial charge in [-0.3, -0.25) is 4.90 Å². The largest absolute Gasteiger partial charge is 0.465 e. The van der Waals surface area contributed by atoms with E-state index in [0.29, 0.717) is 12.1 Å². The van der Waals surface area contributed by atoms with Crippen LogP contribution in [0.15, 0.2) is 10.5 Å². The van der Waals surface area contributed by atoms with E-state index in [-0.39, 0.29) is 0 Å². The summed E-state index contributed by atoms with van der Waals surface area (Å²) in [6.45, 7) is 14.2. The molecule has 3 nitrogen and oxygen atoms in total. The van der Waals surface area contributed by atoms with Crippen molar-refractivity contribution in [3.8, 4) is 0 Å². The van der Waals surface area contributed by atoms with Gasteiger partial charge in [0.25, 0.3) is 0 Å². The zero-order chi connectivity index (χ0) is 14.7. The number of aryl methyl sites for hydroxylation is 1. The number of piperidine rings is 1. The molecule has 1 aliphatic heterocycles. The van der Waals surface area contributed by atoms with E-state index in [9.17, 15) is 0 Å². The van der Waals surface area contributed by atoms with Gasteiger partial charge in [0.05, 0.1) is 6.54 Å². The molecule has 1 aromatic heterocycles. The van der Waals surface area contributed by atoms with E-state index in [0.717, 1.165) is 30.5 Å². The SMILES string of the molecule is Cc1oc(CNC(C)C)cc1CN1CCCC(C)C1C. The zero-order valence-electron chi connectivity index (χ0n) is 13.7. The van der Waals surface area contributed by atoms with Gasteiger partial charge in [0.15, 0.2) is 0 Å². The Kier molecular flexibility index (Phi) is 5.28. The molecule has 3 heteroatoms. The van der Waals surface area contributed by atoms with E-state index < -0.39 is 0 Å². The molecule has 1 N–H and O–H groups in total. The van der Waals surface area contributed by atoms with Crippen molar-refractivity contribution in [2.75, 3.05) is 6.54 Å². The van der Waals surface area contributed by atoms with Gasteiger partial charge < -0.3 is 9.73 Å². The van der Waals surface area contributed by atoms with Crippen LogP contribution in [-0.4, -0.2) is 23.5 Å². The van der Waals surface area contributed by atoms with Crippen LogP contribution < -0.4 is 5.32 Å². The molecule has 0 aliphatic carbocycles. The van der Waals surface area contributed by atoms with Gasteiger partial charge in [-0.1, -0.05) is 20.8 Å². The maximum atomic E-state index is 5.88. The van der Waals surface area contributed by atoms with Crippen LogP contribution in [0, 0.1) is 12.8 Å². The van der Waals surface area contributed by atoms with Crippen LogP contribution >= 0.6 is 0 Å². The van der Waals surface area contributed by atoms with Gasteiger partial charge in [0, 0.05) is 24.2 Å². The van der Waals surface area contributed by atoms with E-state index in [4.69, 9.17) is 4.42 Å². The summed E-state index contributed by atoms with van der Waals surface area (Å²) in [7, 11) is 0. The summed E-state index contributed by atoms with van der Waals surface area (Å²) in [6.07, 6.45) is 2.69. The minimum Gasteiger partial charge on any atom is -0.465 e. The van der Waals surface area contributed by atoms with Crippen LogP contribution in [0.1, 0.15) is 57.6 Å². The number of hydrogen-bond donors (Lipinski definition) is 1. The lowest BCUT2D eigenvalue weighted by Crippen LogP contribution is -2.41. The summed E-state index contributed by atoms with van der Waals surface area (Å²) < 4.78 is 5.88. The summed E-state index contributed by atoms with van der Waals surface area (Å²) in [5.74, 6) is 2.94. The number of rotatable bonds is 5. The molecular weight excluding hydrogens is 248 g/mol. The van der Waals surface area contributed by atoms with E-state index in [1.807, 2.05) is 0 Å². The van der Waals surface area contributed by atoms with Gasteiger partial charge in [-0.2, -0.15) is 0 Å². The fourth-order valence-electron chi connectivity index (χ4n) is 3.00. The van der Waals surface area contributed by atoms with Crippen molar-refractivity contribution in [2.45, 2.75) is 72.6 Å². The van der Waals surface area contributed by atoms with Crippen molar-refractivity contribution >= 4 is 0 Å². The number of likely N-dealkylation sites (tertiary alicyclic amines) is 1. The fraction of sp³-hybridized carbons (Fsp3) is 0.765. The van der Waals surface area contributed by atoms with E-state index in [1.54, 1.807) is 0 Å². The Hall–Kier alpha value is -0.800. The Morgan fingerprint density at radius 2 is 2.15 bits per heavy atom. The Morgan fingerprint density at radius 1 is 1.40 bits per heavy atom. The molecule has 114 valence electrons. The third-order valence-electron chi connectivity index (χ3n) is 4.63. The Morgan fingerprint density at radius 3 is 2.85 bits per heavy atom. The molecule has 0 bridgehead atoms. The summed E-state index contributed by atoms with van der Waals surface area (Å²) in [4.78, 5) is 2.60. The second kappa shape index (κ2) is 6.77. The maximum Gasteiger partial charge on any atom is 0.118 e. The minimum atomic E-state index is 0.492. The molecule has 0 saturated carbocycles. The van der Waals surface area contributed by atoms with Gasteiger partial charge in [-0.25, -0.2) is 0 Å². The van der Waals surface area contributed by atoms with Gasteiger partial charge >= 0.3 is 0 Å². The van der Waals surface area contributed by atoms with E-state index in [1.165, 1.54) is 24.9 Å². The highest BCUT2D eigenvalue weighted by Crippen LogP contribution is 2.26. The normalized spacial score (nSPS) is 24.5. The van der Waals surface area contributed by atoms with Crippen LogP contribution in [0.5, 0.6) is 0 Å². The first kappa shape index (κ1) is 15.6. The van der Waals surface area contributed by atoms with Crippen molar-refractivity contribution < 1.29 is 4.42 Å². The molecule has 2 atom stereocenters. The Balaban J connectivity index is 1.98. The predicted octanol–water partition coefficient (Wildman–Crippen LogP) is 3.71. The molecule has 2 unspecified atom stereocenters. The highest BCUT2D eigenvalue weighted by atomic mass is 16.3. The first-order valence-corrected chi connectivity index (χ1v) is 8.03. The number of furan rings is 1. The highest BCUT2D eigenvalue weighted by Gasteiger charge is 2.25. The molecule has 20 heavy (non-hydrogen) atoms. The van der Waals surface area contributed by atoms with Gasteiger partial charge in [-0.05, 0) is 45.2 Å². The number of nitrogens with zero attached hydrogens (tertiary/aromatic N) is 1. The molecule has 1 fully saturated rings. The molecule has 1 aliphatic rings. The highest BCUT2D eigenvalue weighted by molar-refractivity contribution is 5.21. The van der Waals surface area contributed by atoms with Gasteiger partial charge in [-0.15, -0.1) is 0 Å². The van der Waals surface area contributed by atoms with E-state index >= 15 is 0 Å². The molecule has 0 spiro atoms. The Labute approximate surface area is 123 Å². The molecular formula is C17H30N2O. The van der Waals surface area contributed by atoms with Gasteiger partial charge in [0.2, 0.25) is 0 Å². The van der Waals surface area contributed by atoms with Crippen molar-refractivity contribution in [1.82, 2.24) is 10.2 Å². The van der Waals surface area contributed by atoms with Gasteiger partial charge in [0.1, 0.15) is 11.5 Å². The summed E-state index contributed by atoms with van der Waals surface area (Å²) in [5.41, 5.74) is 1.35. The van der Waals surface area contributed by atoms with Crippen LogP contribution in [0.4, 0.5) is 0 Å². The summed E-state index contributed by atoms with van der Waals surface area (Å²) in [6, 6.07) is 3.40. The Bertz CT molecular complexity index is 425. The molecule has 1 saturated heterocycles. The maximum absolute atomic E-state index is 5.88. The smallest absolute Gasteiger partial charge is 0.118 e. The lowest BCUT2D eigenvalue weighted by molar-refractivity contribution is 0.106. The molecule has 2 rings (SSSR count). The predicted molar refractivity (Wildman–Crippen MR) is 83.7 cm³/mol. The van der Waals surface area contributed by atoms with Crippen LogP contribution in [-0.2, 0) is 13.1 Å². The fourth-order valence-corrected chi connectivity index (χ4v) is 3.00. The third kappa shape index (κ3) is 3.86. The lowest BCUT2D eigenvalue weighted by atomic mass is 9.92. The monoisotopic (exact) mass is 278 g/mol. The quantitative estimate of drug-likeness (QED) is 0.890. The topological polar surface area (TPSA) is 28.4 Å². The van der Waals surface area contributed by atoms with Crippen LogP contribution in [0.3, 0.4) is 0 Å². The number of nitrogens with one attached hydrogen (secondary N) is 1. The van der Waals surface area contributed by atoms with Crippen molar-refractivity contribution in [3.63, 3.8) is 0 Å². The second-order valence-electron chi connectivity index (χ2n) is 6.66. The third-order valence-corrected chi connectivity index (χ3v) is 4.63. The first-order valence-electron chi connectivity index (χ1n) is 8.03. The molecule has 0 aromatic carbocycles. The van der Waals surface area contributed by atoms with Crippen LogP contribution in [0.2, 0.25) is 0 Å². The summed E-state index contributed by atoms with van der Waals surface area (Å²) >= 11 is 0. The summed E-state index contributed by atoms with van der Waals surface area (Å²) in [5, 5.41) is 3.41. The van der Waals surface area contributed by atoms with Crippen molar-refractivity contribution in [2.24, 2.45) is 5.92 Å². The molecule has 1 aromatic rings. The standard InChI is InChI=1S/C17H30N2O/c1-12(2)18-10-17-9-16(15(5)20-17)11-19-8-6-7-13(3)14(19)4/h9,12-14,18H,6-8,10-11H2,1-5H3. The molecule has 0 amide bonds. The lowest BCUT2D eigenvalue weighted by Gasteiger charge is -2.37. The minimum absolute atomic E-state index is 0.492. The first-order chi connectivity index (χ1) is 9.47. The zero-order valence-corrected chi connectivity index (χ0v) is 13.7. The molecule has 2 heterocycles. The van der Waals surface area contributed by atoms with Crippen LogP contribution in [0.25, 0.3) is 0 Å².